The number of piperidine rings is 1. The number of fused-ring (bicyclic) bond motifs is 1. The lowest BCUT2D eigenvalue weighted by Gasteiger charge is -2.29. The molecule has 1 aromatic carbocycles. The zero-order chi connectivity index (χ0) is 16.9. The molecule has 2 aromatic rings. The number of para-hydroxylation sites is 1. The third-order valence-corrected chi connectivity index (χ3v) is 4.38. The second-order valence-corrected chi connectivity index (χ2v) is 6.17. The van der Waals surface area contributed by atoms with E-state index in [-0.39, 0.29) is 11.7 Å². The van der Waals surface area contributed by atoms with E-state index in [4.69, 9.17) is 4.42 Å². The molecule has 6 heteroatoms. The molecule has 1 aliphatic rings. The fraction of sp³-hybridized carbons (Fsp3) is 0.444. The van der Waals surface area contributed by atoms with Crippen LogP contribution >= 0.6 is 0 Å². The molecule has 1 amide bonds. The highest BCUT2D eigenvalue weighted by molar-refractivity contribution is 5.96. The van der Waals surface area contributed by atoms with Gasteiger partial charge in [-0.05, 0) is 37.9 Å². The van der Waals surface area contributed by atoms with Crippen LogP contribution in [0.5, 0.6) is 0 Å². The molecule has 0 saturated carbocycles. The zero-order valence-electron chi connectivity index (χ0n) is 13.5. The van der Waals surface area contributed by atoms with Gasteiger partial charge in [0.2, 0.25) is 0 Å². The Labute approximate surface area is 140 Å². The van der Waals surface area contributed by atoms with Crippen molar-refractivity contribution in [1.29, 1.82) is 0 Å². The molecule has 1 fully saturated rings. The Hall–Kier alpha value is -2.18. The summed E-state index contributed by atoms with van der Waals surface area (Å²) >= 11 is 0. The van der Waals surface area contributed by atoms with Crippen LogP contribution in [0.1, 0.15) is 29.6 Å². The van der Waals surface area contributed by atoms with Gasteiger partial charge in [0.15, 0.2) is 0 Å². The molecular formula is C18H22N2O4. The summed E-state index contributed by atoms with van der Waals surface area (Å²) in [5.74, 6) is -0.399. The van der Waals surface area contributed by atoms with E-state index in [1.54, 1.807) is 24.3 Å². The van der Waals surface area contributed by atoms with Gasteiger partial charge < -0.3 is 19.7 Å². The maximum Gasteiger partial charge on any atom is 0.349 e. The van der Waals surface area contributed by atoms with Gasteiger partial charge in [0, 0.05) is 25.0 Å². The molecule has 0 unspecified atom stereocenters. The van der Waals surface area contributed by atoms with E-state index < -0.39 is 11.5 Å². The molecule has 1 aromatic heterocycles. The first-order valence-electron chi connectivity index (χ1n) is 8.35. The van der Waals surface area contributed by atoms with Crippen molar-refractivity contribution in [2.75, 3.05) is 26.2 Å². The second kappa shape index (κ2) is 7.59. The predicted octanol–water partition coefficient (Wildman–Crippen LogP) is 1.37. The van der Waals surface area contributed by atoms with Crippen molar-refractivity contribution in [3.8, 4) is 0 Å². The monoisotopic (exact) mass is 330 g/mol. The number of hydrogen-bond donors (Lipinski definition) is 2. The van der Waals surface area contributed by atoms with Crippen LogP contribution in [0.25, 0.3) is 11.0 Å². The molecular weight excluding hydrogens is 308 g/mol. The maximum atomic E-state index is 12.2. The Morgan fingerprint density at radius 3 is 2.83 bits per heavy atom. The third kappa shape index (κ3) is 4.01. The molecule has 0 aliphatic carbocycles. The fourth-order valence-electron chi connectivity index (χ4n) is 2.96. The summed E-state index contributed by atoms with van der Waals surface area (Å²) < 4.78 is 5.18. The normalized spacial score (nSPS) is 16.4. The van der Waals surface area contributed by atoms with E-state index in [0.717, 1.165) is 44.3 Å². The Morgan fingerprint density at radius 2 is 2.04 bits per heavy atom. The number of likely N-dealkylation sites (tertiary alicyclic amines) is 1. The zero-order valence-corrected chi connectivity index (χ0v) is 13.5. The summed E-state index contributed by atoms with van der Waals surface area (Å²) in [6.45, 7) is 3.16. The summed E-state index contributed by atoms with van der Waals surface area (Å²) in [5, 5.41) is 13.0. The molecule has 6 nitrogen and oxygen atoms in total. The first-order chi connectivity index (χ1) is 11.6. The molecule has 0 radical (unpaired) electrons. The van der Waals surface area contributed by atoms with Crippen LogP contribution in [0, 0.1) is 0 Å². The van der Waals surface area contributed by atoms with Crippen molar-refractivity contribution in [2.24, 2.45) is 0 Å². The van der Waals surface area contributed by atoms with Crippen LogP contribution in [0.15, 0.2) is 39.5 Å². The van der Waals surface area contributed by atoms with E-state index in [9.17, 15) is 14.7 Å². The van der Waals surface area contributed by atoms with E-state index in [1.165, 1.54) is 0 Å². The Morgan fingerprint density at radius 1 is 1.29 bits per heavy atom. The minimum Gasteiger partial charge on any atom is -0.422 e. The highest BCUT2D eigenvalue weighted by Gasteiger charge is 2.17. The number of amides is 1. The first kappa shape index (κ1) is 16.7. The summed E-state index contributed by atoms with van der Waals surface area (Å²) in [6.07, 6.45) is 2.25. The van der Waals surface area contributed by atoms with E-state index in [0.29, 0.717) is 12.1 Å². The van der Waals surface area contributed by atoms with Crippen molar-refractivity contribution in [2.45, 2.75) is 25.4 Å². The van der Waals surface area contributed by atoms with Gasteiger partial charge >= 0.3 is 5.63 Å². The number of carbonyl (C=O) groups excluding carboxylic acids is 1. The molecule has 1 aliphatic heterocycles. The van der Waals surface area contributed by atoms with Crippen LogP contribution in [0.3, 0.4) is 0 Å². The highest BCUT2D eigenvalue weighted by atomic mass is 16.4. The summed E-state index contributed by atoms with van der Waals surface area (Å²) in [7, 11) is 0. The Bertz CT molecular complexity index is 763. The first-order valence-corrected chi connectivity index (χ1v) is 8.35. The number of nitrogens with one attached hydrogen (secondary N) is 1. The van der Waals surface area contributed by atoms with Crippen molar-refractivity contribution < 1.29 is 14.3 Å². The standard InChI is InChI=1S/C18H22N2O4/c21-14-6-10-20(11-7-14)9-3-8-19-17(22)15-12-13-4-1-2-5-16(13)24-18(15)23/h1-2,4-5,12,14,21H,3,6-11H2,(H,19,22). The number of aliphatic hydroxyl groups excluding tert-OH is 1. The number of hydrogen-bond acceptors (Lipinski definition) is 5. The number of nitrogens with zero attached hydrogens (tertiary/aromatic N) is 1. The Balaban J connectivity index is 1.52. The molecule has 2 N–H and O–H groups in total. The van der Waals surface area contributed by atoms with E-state index in [1.807, 2.05) is 6.07 Å². The van der Waals surface area contributed by atoms with Gasteiger partial charge in [0.25, 0.3) is 5.91 Å². The smallest absolute Gasteiger partial charge is 0.349 e. The number of benzene rings is 1. The molecule has 1 saturated heterocycles. The van der Waals surface area contributed by atoms with Gasteiger partial charge in [0.1, 0.15) is 11.1 Å². The lowest BCUT2D eigenvalue weighted by atomic mass is 10.1. The molecule has 0 atom stereocenters. The molecule has 2 heterocycles. The molecule has 3 rings (SSSR count). The van der Waals surface area contributed by atoms with E-state index >= 15 is 0 Å². The van der Waals surface area contributed by atoms with Gasteiger partial charge in [-0.2, -0.15) is 0 Å². The molecule has 0 spiro atoms. The summed E-state index contributed by atoms with van der Waals surface area (Å²) in [6, 6.07) is 8.69. The lowest BCUT2D eigenvalue weighted by Crippen LogP contribution is -2.38. The van der Waals surface area contributed by atoms with Crippen molar-refractivity contribution in [3.63, 3.8) is 0 Å². The second-order valence-electron chi connectivity index (χ2n) is 6.17. The van der Waals surface area contributed by atoms with Gasteiger partial charge in [-0.15, -0.1) is 0 Å². The lowest BCUT2D eigenvalue weighted by molar-refractivity contribution is 0.0816. The molecule has 24 heavy (non-hydrogen) atoms. The topological polar surface area (TPSA) is 82.8 Å². The van der Waals surface area contributed by atoms with Gasteiger partial charge in [-0.3, -0.25) is 4.79 Å². The average molecular weight is 330 g/mol. The average Bonchev–Trinajstić information content (AvgIpc) is 2.59. The molecule has 0 bridgehead atoms. The van der Waals surface area contributed by atoms with Crippen LogP contribution in [-0.4, -0.2) is 48.2 Å². The minimum absolute atomic E-state index is 0.0368. The van der Waals surface area contributed by atoms with Crippen molar-refractivity contribution in [3.05, 3.63) is 46.3 Å². The Kier molecular flexibility index (Phi) is 5.27. The van der Waals surface area contributed by atoms with Crippen LogP contribution in [0.4, 0.5) is 0 Å². The molecule has 128 valence electrons. The minimum atomic E-state index is -0.615. The highest BCUT2D eigenvalue weighted by Crippen LogP contribution is 2.12. The van der Waals surface area contributed by atoms with Crippen LogP contribution < -0.4 is 10.9 Å². The van der Waals surface area contributed by atoms with Gasteiger partial charge in [-0.1, -0.05) is 18.2 Å². The number of carbonyl (C=O) groups is 1. The van der Waals surface area contributed by atoms with Crippen LogP contribution in [-0.2, 0) is 0 Å². The predicted molar refractivity (Wildman–Crippen MR) is 91.1 cm³/mol. The quantitative estimate of drug-likeness (QED) is 0.639. The maximum absolute atomic E-state index is 12.2. The summed E-state index contributed by atoms with van der Waals surface area (Å²) in [4.78, 5) is 26.4. The van der Waals surface area contributed by atoms with Crippen molar-refractivity contribution >= 4 is 16.9 Å². The largest absolute Gasteiger partial charge is 0.422 e. The van der Waals surface area contributed by atoms with E-state index in [2.05, 4.69) is 10.2 Å². The van der Waals surface area contributed by atoms with Gasteiger partial charge in [0.05, 0.1) is 6.10 Å². The number of aliphatic hydroxyl groups is 1. The summed E-state index contributed by atoms with van der Waals surface area (Å²) in [5.41, 5.74) is -0.0997. The number of rotatable bonds is 5. The SMILES string of the molecule is O=C(NCCCN1CCC(O)CC1)c1cc2ccccc2oc1=O. The van der Waals surface area contributed by atoms with Gasteiger partial charge in [-0.25, -0.2) is 4.79 Å². The van der Waals surface area contributed by atoms with Crippen molar-refractivity contribution in [1.82, 2.24) is 10.2 Å². The third-order valence-electron chi connectivity index (χ3n) is 4.38. The van der Waals surface area contributed by atoms with Crippen LogP contribution in [0.2, 0.25) is 0 Å². The fourth-order valence-corrected chi connectivity index (χ4v) is 2.96.